The molecule has 0 N–H and O–H groups in total. The molecule has 22 heavy (non-hydrogen) atoms. The van der Waals surface area contributed by atoms with Crippen LogP contribution in [0.4, 0.5) is 5.69 Å². The maximum atomic E-state index is 10.7. The van der Waals surface area contributed by atoms with Gasteiger partial charge < -0.3 is 0 Å². The highest BCUT2D eigenvalue weighted by Crippen LogP contribution is 2.24. The van der Waals surface area contributed by atoms with Crippen LogP contribution in [-0.2, 0) is 0 Å². The summed E-state index contributed by atoms with van der Waals surface area (Å²) in [4.78, 5) is 10.3. The van der Waals surface area contributed by atoms with Gasteiger partial charge in [-0.3, -0.25) is 10.1 Å². The molecule has 7 heteroatoms. The maximum absolute atomic E-state index is 10.7. The minimum Gasteiger partial charge on any atom is -0.258 e. The molecule has 106 valence electrons. The fourth-order valence-electron chi connectivity index (χ4n) is 2.40. The van der Waals surface area contributed by atoms with Gasteiger partial charge in [-0.1, -0.05) is 24.3 Å². The zero-order chi connectivity index (χ0) is 15.1. The molecular formula is C15H9N5O2. The lowest BCUT2D eigenvalue weighted by atomic mass is 10.2. The van der Waals surface area contributed by atoms with Crippen LogP contribution in [0.2, 0.25) is 0 Å². The van der Waals surface area contributed by atoms with Gasteiger partial charge in [0.2, 0.25) is 0 Å². The Labute approximate surface area is 124 Å². The number of rotatable bonds is 2. The molecule has 2 aromatic heterocycles. The van der Waals surface area contributed by atoms with Crippen LogP contribution in [0, 0.1) is 10.1 Å². The Balaban J connectivity index is 1.92. The molecule has 0 amide bonds. The smallest absolute Gasteiger partial charge is 0.258 e. The topological polar surface area (TPSA) is 86.2 Å². The van der Waals surface area contributed by atoms with E-state index in [9.17, 15) is 10.1 Å². The lowest BCUT2D eigenvalue weighted by Crippen LogP contribution is -1.95. The summed E-state index contributed by atoms with van der Waals surface area (Å²) in [6.45, 7) is 0. The van der Waals surface area contributed by atoms with E-state index in [2.05, 4.69) is 15.3 Å². The predicted octanol–water partition coefficient (Wildman–Crippen LogP) is 2.85. The summed E-state index contributed by atoms with van der Waals surface area (Å²) >= 11 is 0. The van der Waals surface area contributed by atoms with Crippen molar-refractivity contribution < 1.29 is 4.92 Å². The van der Waals surface area contributed by atoms with Gasteiger partial charge in [0.25, 0.3) is 5.69 Å². The van der Waals surface area contributed by atoms with Crippen LogP contribution >= 0.6 is 0 Å². The van der Waals surface area contributed by atoms with Crippen LogP contribution in [0.3, 0.4) is 0 Å². The number of hydrogen-bond acceptors (Lipinski definition) is 5. The van der Waals surface area contributed by atoms with Gasteiger partial charge in [0.15, 0.2) is 11.5 Å². The molecule has 2 aromatic carbocycles. The third-order valence-electron chi connectivity index (χ3n) is 3.49. The SMILES string of the molecule is O=[N+]([O-])c1ccc(-c2nnc3c4ccccc4cnn23)cc1. The first kappa shape index (κ1) is 12.4. The van der Waals surface area contributed by atoms with Crippen LogP contribution < -0.4 is 0 Å². The van der Waals surface area contributed by atoms with Gasteiger partial charge in [0, 0.05) is 28.5 Å². The summed E-state index contributed by atoms with van der Waals surface area (Å²) in [5, 5.41) is 25.4. The number of benzene rings is 2. The Morgan fingerprint density at radius 2 is 1.77 bits per heavy atom. The minimum absolute atomic E-state index is 0.0379. The molecule has 0 atom stereocenters. The van der Waals surface area contributed by atoms with E-state index in [-0.39, 0.29) is 5.69 Å². The van der Waals surface area contributed by atoms with Crippen molar-refractivity contribution in [1.82, 2.24) is 19.8 Å². The molecule has 4 rings (SSSR count). The minimum atomic E-state index is -0.433. The summed E-state index contributed by atoms with van der Waals surface area (Å²) in [5.41, 5.74) is 1.42. The van der Waals surface area contributed by atoms with Gasteiger partial charge in [0.1, 0.15) is 0 Å². The molecular weight excluding hydrogens is 282 g/mol. The van der Waals surface area contributed by atoms with Gasteiger partial charge in [-0.25, -0.2) is 0 Å². The van der Waals surface area contributed by atoms with E-state index < -0.39 is 4.92 Å². The second kappa shape index (κ2) is 4.59. The van der Waals surface area contributed by atoms with E-state index in [0.29, 0.717) is 11.5 Å². The monoisotopic (exact) mass is 291 g/mol. The number of nitrogens with zero attached hydrogens (tertiary/aromatic N) is 5. The van der Waals surface area contributed by atoms with Crippen LogP contribution in [0.1, 0.15) is 0 Å². The van der Waals surface area contributed by atoms with Crippen LogP contribution in [0.15, 0.2) is 54.7 Å². The number of aromatic nitrogens is 4. The van der Waals surface area contributed by atoms with Gasteiger partial charge >= 0.3 is 0 Å². The maximum Gasteiger partial charge on any atom is 0.269 e. The van der Waals surface area contributed by atoms with Crippen molar-refractivity contribution in [3.8, 4) is 11.4 Å². The summed E-state index contributed by atoms with van der Waals surface area (Å²) < 4.78 is 1.64. The van der Waals surface area contributed by atoms with Crippen molar-refractivity contribution in [1.29, 1.82) is 0 Å². The molecule has 0 saturated heterocycles. The highest BCUT2D eigenvalue weighted by molar-refractivity contribution is 5.93. The Morgan fingerprint density at radius 3 is 2.55 bits per heavy atom. The largest absolute Gasteiger partial charge is 0.269 e. The highest BCUT2D eigenvalue weighted by Gasteiger charge is 2.13. The number of fused-ring (bicyclic) bond motifs is 3. The van der Waals surface area contributed by atoms with Gasteiger partial charge in [-0.2, -0.15) is 9.61 Å². The van der Waals surface area contributed by atoms with Crippen molar-refractivity contribution in [2.45, 2.75) is 0 Å². The average molecular weight is 291 g/mol. The molecule has 0 aliphatic heterocycles. The van der Waals surface area contributed by atoms with E-state index in [1.165, 1.54) is 12.1 Å². The number of nitro benzene ring substituents is 1. The second-order valence-corrected chi connectivity index (χ2v) is 4.79. The van der Waals surface area contributed by atoms with E-state index in [4.69, 9.17) is 0 Å². The summed E-state index contributed by atoms with van der Waals surface area (Å²) in [6.07, 6.45) is 1.75. The number of nitro groups is 1. The Hall–Kier alpha value is -3.35. The first-order chi connectivity index (χ1) is 10.7. The molecule has 4 aromatic rings. The predicted molar refractivity (Wildman–Crippen MR) is 80.4 cm³/mol. The third kappa shape index (κ3) is 1.80. The first-order valence-electron chi connectivity index (χ1n) is 6.58. The average Bonchev–Trinajstić information content (AvgIpc) is 2.99. The van der Waals surface area contributed by atoms with Crippen molar-refractivity contribution >= 4 is 22.1 Å². The van der Waals surface area contributed by atoms with Crippen LogP contribution in [-0.4, -0.2) is 24.7 Å². The number of non-ortho nitro benzene ring substituents is 1. The van der Waals surface area contributed by atoms with Crippen LogP contribution in [0.25, 0.3) is 27.8 Å². The molecule has 0 spiro atoms. The first-order valence-corrected chi connectivity index (χ1v) is 6.58. The molecule has 7 nitrogen and oxygen atoms in total. The molecule has 0 unspecified atom stereocenters. The molecule has 0 fully saturated rings. The second-order valence-electron chi connectivity index (χ2n) is 4.79. The van der Waals surface area contributed by atoms with Crippen molar-refractivity contribution in [2.75, 3.05) is 0 Å². The van der Waals surface area contributed by atoms with Crippen molar-refractivity contribution in [3.05, 3.63) is 64.8 Å². The van der Waals surface area contributed by atoms with Gasteiger partial charge in [-0.05, 0) is 12.1 Å². The molecule has 0 bridgehead atoms. The van der Waals surface area contributed by atoms with E-state index >= 15 is 0 Å². The summed E-state index contributed by atoms with van der Waals surface area (Å²) in [6, 6.07) is 14.0. The molecule has 0 radical (unpaired) electrons. The Kier molecular flexibility index (Phi) is 2.59. The van der Waals surface area contributed by atoms with E-state index in [1.54, 1.807) is 22.8 Å². The van der Waals surface area contributed by atoms with Crippen LogP contribution in [0.5, 0.6) is 0 Å². The zero-order valence-corrected chi connectivity index (χ0v) is 11.2. The van der Waals surface area contributed by atoms with Gasteiger partial charge in [-0.15, -0.1) is 10.2 Å². The fourth-order valence-corrected chi connectivity index (χ4v) is 2.40. The molecule has 2 heterocycles. The quantitative estimate of drug-likeness (QED) is 0.418. The van der Waals surface area contributed by atoms with E-state index in [0.717, 1.165) is 16.3 Å². The zero-order valence-electron chi connectivity index (χ0n) is 11.2. The molecule has 0 aliphatic carbocycles. The standard InChI is InChI=1S/C15H9N5O2/c21-20(22)12-7-5-10(6-8-12)14-17-18-15-13-4-2-1-3-11(13)9-16-19(14)15/h1-9H. The fraction of sp³-hybridized carbons (Fsp3) is 0. The summed E-state index contributed by atoms with van der Waals surface area (Å²) in [5.74, 6) is 0.552. The summed E-state index contributed by atoms with van der Waals surface area (Å²) in [7, 11) is 0. The lowest BCUT2D eigenvalue weighted by molar-refractivity contribution is -0.384. The van der Waals surface area contributed by atoms with Crippen molar-refractivity contribution in [3.63, 3.8) is 0 Å². The van der Waals surface area contributed by atoms with Crippen molar-refractivity contribution in [2.24, 2.45) is 0 Å². The lowest BCUT2D eigenvalue weighted by Gasteiger charge is -2.01. The number of hydrogen-bond donors (Lipinski definition) is 0. The molecule has 0 aliphatic rings. The van der Waals surface area contributed by atoms with Gasteiger partial charge in [0.05, 0.1) is 11.1 Å². The Bertz CT molecular complexity index is 1010. The third-order valence-corrected chi connectivity index (χ3v) is 3.49. The molecule has 0 saturated carbocycles. The van der Waals surface area contributed by atoms with E-state index in [1.807, 2.05) is 24.3 Å². The Morgan fingerprint density at radius 1 is 1.00 bits per heavy atom. The highest BCUT2D eigenvalue weighted by atomic mass is 16.6. The normalized spacial score (nSPS) is 11.1.